The number of hydrogen-bond donors (Lipinski definition) is 1. The van der Waals surface area contributed by atoms with E-state index in [0.29, 0.717) is 6.10 Å². The summed E-state index contributed by atoms with van der Waals surface area (Å²) >= 11 is 0. The topological polar surface area (TPSA) is 30.5 Å². The van der Waals surface area contributed by atoms with Gasteiger partial charge in [-0.1, -0.05) is 20.3 Å². The average Bonchev–Trinajstić information content (AvgIpc) is 2.29. The summed E-state index contributed by atoms with van der Waals surface area (Å²) in [6, 6.07) is 0. The van der Waals surface area contributed by atoms with Crippen molar-refractivity contribution in [1.82, 2.24) is 5.32 Å². The third-order valence-corrected chi connectivity index (χ3v) is 4.28. The van der Waals surface area contributed by atoms with E-state index in [4.69, 9.17) is 9.47 Å². The van der Waals surface area contributed by atoms with Gasteiger partial charge in [0.25, 0.3) is 0 Å². The molecule has 2 saturated heterocycles. The van der Waals surface area contributed by atoms with Crippen molar-refractivity contribution in [2.24, 2.45) is 0 Å². The minimum atomic E-state index is 0.00630. The van der Waals surface area contributed by atoms with Crippen LogP contribution in [0.15, 0.2) is 0 Å². The molecule has 2 fully saturated rings. The summed E-state index contributed by atoms with van der Waals surface area (Å²) in [6.07, 6.45) is 5.92. The van der Waals surface area contributed by atoms with Gasteiger partial charge >= 0.3 is 0 Å². The van der Waals surface area contributed by atoms with Gasteiger partial charge in [0.1, 0.15) is 0 Å². The fraction of sp³-hybridized carbons (Fsp3) is 1.00. The molecule has 2 aliphatic rings. The first-order valence-electron chi connectivity index (χ1n) is 7.14. The van der Waals surface area contributed by atoms with Crippen LogP contribution in [0.4, 0.5) is 0 Å². The van der Waals surface area contributed by atoms with Crippen LogP contribution in [0, 0.1) is 0 Å². The Labute approximate surface area is 105 Å². The van der Waals surface area contributed by atoms with Gasteiger partial charge in [0.05, 0.1) is 17.3 Å². The van der Waals surface area contributed by atoms with Crippen LogP contribution in [0.3, 0.4) is 0 Å². The Hall–Kier alpha value is -0.120. The molecule has 3 unspecified atom stereocenters. The molecule has 0 saturated carbocycles. The maximum Gasteiger partial charge on any atom is 0.0860 e. The fourth-order valence-electron chi connectivity index (χ4n) is 3.09. The zero-order valence-corrected chi connectivity index (χ0v) is 11.6. The van der Waals surface area contributed by atoms with Gasteiger partial charge in [-0.15, -0.1) is 0 Å². The molecule has 2 heterocycles. The summed E-state index contributed by atoms with van der Waals surface area (Å²) in [7, 11) is 0. The number of ether oxygens (including phenoxy) is 2. The van der Waals surface area contributed by atoms with E-state index in [2.05, 4.69) is 26.1 Å². The van der Waals surface area contributed by atoms with E-state index in [1.54, 1.807) is 0 Å². The summed E-state index contributed by atoms with van der Waals surface area (Å²) in [4.78, 5) is 0. The molecular weight excluding hydrogens is 214 g/mol. The second-order valence-corrected chi connectivity index (χ2v) is 5.93. The van der Waals surface area contributed by atoms with Gasteiger partial charge in [-0.2, -0.15) is 0 Å². The van der Waals surface area contributed by atoms with Crippen molar-refractivity contribution in [3.63, 3.8) is 0 Å². The van der Waals surface area contributed by atoms with Gasteiger partial charge in [-0.25, -0.2) is 0 Å². The Morgan fingerprint density at radius 1 is 1.29 bits per heavy atom. The molecule has 3 atom stereocenters. The lowest BCUT2D eigenvalue weighted by atomic mass is 9.85. The van der Waals surface area contributed by atoms with Crippen molar-refractivity contribution in [3.05, 3.63) is 0 Å². The molecule has 2 aliphatic heterocycles. The highest BCUT2D eigenvalue weighted by molar-refractivity contribution is 4.97. The molecule has 0 aromatic rings. The SMILES string of the molecule is CCCC1CC2(CCO1)CNCC(C)(CC)O2. The highest BCUT2D eigenvalue weighted by Crippen LogP contribution is 2.37. The summed E-state index contributed by atoms with van der Waals surface area (Å²) < 4.78 is 12.3. The Balaban J connectivity index is 2.02. The van der Waals surface area contributed by atoms with E-state index < -0.39 is 0 Å². The summed E-state index contributed by atoms with van der Waals surface area (Å²) in [5.41, 5.74) is 0.0352. The predicted octanol–water partition coefficient (Wildman–Crippen LogP) is 2.49. The van der Waals surface area contributed by atoms with Gasteiger partial charge < -0.3 is 14.8 Å². The lowest BCUT2D eigenvalue weighted by Crippen LogP contribution is -2.61. The molecule has 0 amide bonds. The number of morpholine rings is 1. The third kappa shape index (κ3) is 3.01. The smallest absolute Gasteiger partial charge is 0.0860 e. The predicted molar refractivity (Wildman–Crippen MR) is 69.3 cm³/mol. The lowest BCUT2D eigenvalue weighted by molar-refractivity contribution is -0.215. The first kappa shape index (κ1) is 13.3. The van der Waals surface area contributed by atoms with E-state index in [0.717, 1.165) is 45.4 Å². The maximum absolute atomic E-state index is 6.49. The molecule has 0 aliphatic carbocycles. The molecule has 17 heavy (non-hydrogen) atoms. The molecule has 0 aromatic heterocycles. The average molecular weight is 241 g/mol. The van der Waals surface area contributed by atoms with Crippen molar-refractivity contribution in [3.8, 4) is 0 Å². The Bertz CT molecular complexity index is 253. The van der Waals surface area contributed by atoms with Crippen LogP contribution in [-0.2, 0) is 9.47 Å². The lowest BCUT2D eigenvalue weighted by Gasteiger charge is -2.50. The van der Waals surface area contributed by atoms with Crippen molar-refractivity contribution >= 4 is 0 Å². The molecule has 2 rings (SSSR count). The Morgan fingerprint density at radius 3 is 2.82 bits per heavy atom. The first-order valence-corrected chi connectivity index (χ1v) is 7.14. The van der Waals surface area contributed by atoms with Gasteiger partial charge in [-0.3, -0.25) is 0 Å². The number of rotatable bonds is 3. The maximum atomic E-state index is 6.49. The van der Waals surface area contributed by atoms with Crippen molar-refractivity contribution in [2.75, 3.05) is 19.7 Å². The van der Waals surface area contributed by atoms with E-state index in [-0.39, 0.29) is 11.2 Å². The van der Waals surface area contributed by atoms with Crippen molar-refractivity contribution in [1.29, 1.82) is 0 Å². The van der Waals surface area contributed by atoms with E-state index in [1.165, 1.54) is 6.42 Å². The first-order chi connectivity index (χ1) is 8.11. The minimum absolute atomic E-state index is 0.00630. The van der Waals surface area contributed by atoms with Crippen LogP contribution >= 0.6 is 0 Å². The second-order valence-electron chi connectivity index (χ2n) is 5.93. The molecule has 3 heteroatoms. The van der Waals surface area contributed by atoms with Gasteiger partial charge in [0.15, 0.2) is 0 Å². The van der Waals surface area contributed by atoms with Gasteiger partial charge in [0, 0.05) is 32.5 Å². The Morgan fingerprint density at radius 2 is 2.12 bits per heavy atom. The van der Waals surface area contributed by atoms with Crippen molar-refractivity contribution in [2.45, 2.75) is 70.2 Å². The van der Waals surface area contributed by atoms with Crippen molar-refractivity contribution < 1.29 is 9.47 Å². The van der Waals surface area contributed by atoms with Gasteiger partial charge in [-0.05, 0) is 19.8 Å². The zero-order valence-electron chi connectivity index (χ0n) is 11.6. The van der Waals surface area contributed by atoms with Gasteiger partial charge in [0.2, 0.25) is 0 Å². The molecular formula is C14H27NO2. The van der Waals surface area contributed by atoms with Crippen LogP contribution < -0.4 is 5.32 Å². The highest BCUT2D eigenvalue weighted by Gasteiger charge is 2.45. The fourth-order valence-corrected chi connectivity index (χ4v) is 3.09. The summed E-state index contributed by atoms with van der Waals surface area (Å²) in [5.74, 6) is 0. The van der Waals surface area contributed by atoms with E-state index in [1.807, 2.05) is 0 Å². The molecule has 100 valence electrons. The van der Waals surface area contributed by atoms with Crippen LogP contribution in [0.5, 0.6) is 0 Å². The summed E-state index contributed by atoms with van der Waals surface area (Å²) in [5, 5.41) is 3.57. The number of nitrogens with one attached hydrogen (secondary N) is 1. The molecule has 0 bridgehead atoms. The third-order valence-electron chi connectivity index (χ3n) is 4.28. The standard InChI is InChI=1S/C14H27NO2/c1-4-6-12-9-14(7-8-16-12)11-15-10-13(3,5-2)17-14/h12,15H,4-11H2,1-3H3. The molecule has 1 N–H and O–H groups in total. The van der Waals surface area contributed by atoms with E-state index >= 15 is 0 Å². The number of hydrogen-bond acceptors (Lipinski definition) is 3. The van der Waals surface area contributed by atoms with Crippen LogP contribution in [-0.4, -0.2) is 37.0 Å². The highest BCUT2D eigenvalue weighted by atomic mass is 16.5. The molecule has 1 spiro atoms. The molecule has 0 aromatic carbocycles. The van der Waals surface area contributed by atoms with Crippen LogP contribution in [0.1, 0.15) is 52.9 Å². The molecule has 3 nitrogen and oxygen atoms in total. The molecule has 0 radical (unpaired) electrons. The normalized spacial score (nSPS) is 42.9. The van der Waals surface area contributed by atoms with Crippen LogP contribution in [0.2, 0.25) is 0 Å². The van der Waals surface area contributed by atoms with E-state index in [9.17, 15) is 0 Å². The second kappa shape index (κ2) is 5.25. The monoisotopic (exact) mass is 241 g/mol. The quantitative estimate of drug-likeness (QED) is 0.823. The minimum Gasteiger partial charge on any atom is -0.378 e. The largest absolute Gasteiger partial charge is 0.378 e. The zero-order chi connectivity index (χ0) is 12.4. The Kier molecular flexibility index (Phi) is 4.11. The summed E-state index contributed by atoms with van der Waals surface area (Å²) in [6.45, 7) is 9.48. The van der Waals surface area contributed by atoms with Crippen LogP contribution in [0.25, 0.3) is 0 Å².